The zero-order valence-electron chi connectivity index (χ0n) is 12.7. The third kappa shape index (κ3) is 4.58. The minimum absolute atomic E-state index is 0.234. The third-order valence-corrected chi connectivity index (χ3v) is 3.68. The van der Waals surface area contributed by atoms with Gasteiger partial charge in [0.25, 0.3) is 0 Å². The number of aliphatic carboxylic acids is 1. The molecule has 21 heavy (non-hydrogen) atoms. The number of ether oxygens (including phenoxy) is 1. The molecule has 1 atom stereocenters. The molecule has 0 bridgehead atoms. The third-order valence-electron chi connectivity index (χ3n) is 3.68. The van der Waals surface area contributed by atoms with Crippen LogP contribution in [0.3, 0.4) is 0 Å². The smallest absolute Gasteiger partial charge is 0.303 e. The molecule has 6 heteroatoms. The van der Waals surface area contributed by atoms with Gasteiger partial charge in [-0.05, 0) is 39.0 Å². The molecule has 0 spiro atoms. The summed E-state index contributed by atoms with van der Waals surface area (Å²) in [5.41, 5.74) is 0.885. The fourth-order valence-corrected chi connectivity index (χ4v) is 2.70. The standard InChI is InChI=1S/C15H23N3O3/c1-3-21-13-9-11(2)16-15(17-13)18-8-4-5-12(10-18)6-7-14(19)20/h9,12H,3-8,10H2,1-2H3,(H,19,20). The number of aromatic nitrogens is 2. The van der Waals surface area contributed by atoms with Gasteiger partial charge in [0, 0.05) is 31.3 Å². The number of carboxylic acids is 1. The van der Waals surface area contributed by atoms with E-state index < -0.39 is 5.97 Å². The average Bonchev–Trinajstić information content (AvgIpc) is 2.45. The van der Waals surface area contributed by atoms with E-state index in [2.05, 4.69) is 14.9 Å². The van der Waals surface area contributed by atoms with Crippen molar-refractivity contribution < 1.29 is 14.6 Å². The Morgan fingerprint density at radius 2 is 2.33 bits per heavy atom. The summed E-state index contributed by atoms with van der Waals surface area (Å²) in [5, 5.41) is 8.80. The lowest BCUT2D eigenvalue weighted by molar-refractivity contribution is -0.137. The Labute approximate surface area is 125 Å². The molecular weight excluding hydrogens is 270 g/mol. The van der Waals surface area contributed by atoms with Gasteiger partial charge in [-0.2, -0.15) is 4.98 Å². The molecule has 2 heterocycles. The van der Waals surface area contributed by atoms with Crippen molar-refractivity contribution in [3.63, 3.8) is 0 Å². The quantitative estimate of drug-likeness (QED) is 0.867. The molecule has 1 saturated heterocycles. The highest BCUT2D eigenvalue weighted by Gasteiger charge is 2.23. The molecule has 0 aliphatic carbocycles. The summed E-state index contributed by atoms with van der Waals surface area (Å²) in [4.78, 5) is 21.8. The summed E-state index contributed by atoms with van der Waals surface area (Å²) in [6.45, 7) is 6.18. The molecule has 0 amide bonds. The number of nitrogens with zero attached hydrogens (tertiary/aromatic N) is 3. The molecule has 0 saturated carbocycles. The van der Waals surface area contributed by atoms with E-state index in [4.69, 9.17) is 9.84 Å². The van der Waals surface area contributed by atoms with Crippen molar-refractivity contribution in [3.8, 4) is 5.88 Å². The van der Waals surface area contributed by atoms with Crippen LogP contribution in [0.2, 0.25) is 0 Å². The molecule has 116 valence electrons. The van der Waals surface area contributed by atoms with Crippen molar-refractivity contribution in [2.24, 2.45) is 5.92 Å². The van der Waals surface area contributed by atoms with Gasteiger partial charge in [-0.25, -0.2) is 4.98 Å². The van der Waals surface area contributed by atoms with Crippen LogP contribution in [0.25, 0.3) is 0 Å². The van der Waals surface area contributed by atoms with Crippen LogP contribution in [-0.2, 0) is 4.79 Å². The summed E-state index contributed by atoms with van der Waals surface area (Å²) in [6.07, 6.45) is 3.08. The topological polar surface area (TPSA) is 75.5 Å². The Hall–Kier alpha value is -1.85. The molecule has 0 radical (unpaired) electrons. The predicted molar refractivity (Wildman–Crippen MR) is 79.7 cm³/mol. The molecule has 1 aliphatic rings. The maximum atomic E-state index is 10.7. The lowest BCUT2D eigenvalue weighted by atomic mass is 9.93. The largest absolute Gasteiger partial charge is 0.481 e. The lowest BCUT2D eigenvalue weighted by Crippen LogP contribution is -2.36. The Bertz CT molecular complexity index is 493. The Balaban J connectivity index is 2.04. The SMILES string of the molecule is CCOc1cc(C)nc(N2CCCC(CCC(=O)O)C2)n1. The van der Waals surface area contributed by atoms with Crippen LogP contribution < -0.4 is 9.64 Å². The first-order valence-corrected chi connectivity index (χ1v) is 7.53. The fourth-order valence-electron chi connectivity index (χ4n) is 2.70. The predicted octanol–water partition coefficient (Wildman–Crippen LogP) is 2.26. The summed E-state index contributed by atoms with van der Waals surface area (Å²) in [6, 6.07) is 1.83. The zero-order valence-corrected chi connectivity index (χ0v) is 12.7. The van der Waals surface area contributed by atoms with Crippen molar-refractivity contribution in [2.75, 3.05) is 24.6 Å². The van der Waals surface area contributed by atoms with Gasteiger partial charge in [0.05, 0.1) is 6.61 Å². The summed E-state index contributed by atoms with van der Waals surface area (Å²) < 4.78 is 5.47. The zero-order chi connectivity index (χ0) is 15.2. The summed E-state index contributed by atoms with van der Waals surface area (Å²) in [5.74, 6) is 0.971. The van der Waals surface area contributed by atoms with E-state index in [1.165, 1.54) is 0 Å². The monoisotopic (exact) mass is 293 g/mol. The van der Waals surface area contributed by atoms with Gasteiger partial charge in [-0.1, -0.05) is 0 Å². The van der Waals surface area contributed by atoms with Crippen LogP contribution in [0, 0.1) is 12.8 Å². The molecule has 6 nitrogen and oxygen atoms in total. The minimum Gasteiger partial charge on any atom is -0.481 e. The Morgan fingerprint density at radius 3 is 3.05 bits per heavy atom. The van der Waals surface area contributed by atoms with Gasteiger partial charge in [-0.15, -0.1) is 0 Å². The number of hydrogen-bond donors (Lipinski definition) is 1. The Morgan fingerprint density at radius 1 is 1.52 bits per heavy atom. The molecule has 1 N–H and O–H groups in total. The number of aryl methyl sites for hydroxylation is 1. The average molecular weight is 293 g/mol. The van der Waals surface area contributed by atoms with Gasteiger partial charge >= 0.3 is 5.97 Å². The van der Waals surface area contributed by atoms with Crippen LogP contribution >= 0.6 is 0 Å². The van der Waals surface area contributed by atoms with E-state index in [0.29, 0.717) is 24.4 Å². The molecule has 1 aromatic rings. The van der Waals surface area contributed by atoms with Crippen LogP contribution in [0.4, 0.5) is 5.95 Å². The second-order valence-electron chi connectivity index (χ2n) is 5.47. The number of rotatable bonds is 6. The second kappa shape index (κ2) is 7.24. The summed E-state index contributed by atoms with van der Waals surface area (Å²) in [7, 11) is 0. The Kier molecular flexibility index (Phi) is 5.36. The molecule has 1 unspecified atom stereocenters. The van der Waals surface area contributed by atoms with Crippen molar-refractivity contribution in [1.29, 1.82) is 0 Å². The maximum absolute atomic E-state index is 10.7. The van der Waals surface area contributed by atoms with Crippen molar-refractivity contribution in [1.82, 2.24) is 9.97 Å². The fraction of sp³-hybridized carbons (Fsp3) is 0.667. The van der Waals surface area contributed by atoms with E-state index in [1.807, 2.05) is 19.9 Å². The number of carbonyl (C=O) groups is 1. The van der Waals surface area contributed by atoms with Crippen molar-refractivity contribution >= 4 is 11.9 Å². The first-order valence-electron chi connectivity index (χ1n) is 7.53. The van der Waals surface area contributed by atoms with Gasteiger partial charge < -0.3 is 14.7 Å². The van der Waals surface area contributed by atoms with E-state index in [1.54, 1.807) is 0 Å². The van der Waals surface area contributed by atoms with Gasteiger partial charge in [0.15, 0.2) is 0 Å². The minimum atomic E-state index is -0.724. The van der Waals surface area contributed by atoms with Crippen molar-refractivity contribution in [3.05, 3.63) is 11.8 Å². The molecule has 2 rings (SSSR count). The highest BCUT2D eigenvalue weighted by molar-refractivity contribution is 5.66. The first-order chi connectivity index (χ1) is 10.1. The molecule has 1 aliphatic heterocycles. The van der Waals surface area contributed by atoms with Gasteiger partial charge in [0.2, 0.25) is 11.8 Å². The van der Waals surface area contributed by atoms with Crippen LogP contribution in [0.1, 0.15) is 38.3 Å². The molecule has 1 fully saturated rings. The highest BCUT2D eigenvalue weighted by atomic mass is 16.5. The van der Waals surface area contributed by atoms with Crippen molar-refractivity contribution in [2.45, 2.75) is 39.5 Å². The summed E-state index contributed by atoms with van der Waals surface area (Å²) >= 11 is 0. The van der Waals surface area contributed by atoms with Gasteiger partial charge in [0.1, 0.15) is 0 Å². The second-order valence-corrected chi connectivity index (χ2v) is 5.47. The van der Waals surface area contributed by atoms with Crippen LogP contribution in [0.15, 0.2) is 6.07 Å². The lowest BCUT2D eigenvalue weighted by Gasteiger charge is -2.32. The highest BCUT2D eigenvalue weighted by Crippen LogP contribution is 2.25. The van der Waals surface area contributed by atoms with Crippen LogP contribution in [0.5, 0.6) is 5.88 Å². The van der Waals surface area contributed by atoms with E-state index in [0.717, 1.165) is 38.0 Å². The van der Waals surface area contributed by atoms with E-state index >= 15 is 0 Å². The van der Waals surface area contributed by atoms with Gasteiger partial charge in [-0.3, -0.25) is 4.79 Å². The number of piperidine rings is 1. The number of hydrogen-bond acceptors (Lipinski definition) is 5. The maximum Gasteiger partial charge on any atom is 0.303 e. The number of carboxylic acid groups (broad SMARTS) is 1. The first kappa shape index (κ1) is 15.5. The molecular formula is C15H23N3O3. The van der Waals surface area contributed by atoms with E-state index in [-0.39, 0.29) is 6.42 Å². The van der Waals surface area contributed by atoms with Crippen LogP contribution in [-0.4, -0.2) is 40.7 Å². The number of anilines is 1. The van der Waals surface area contributed by atoms with E-state index in [9.17, 15) is 4.79 Å². The molecule has 1 aromatic heterocycles. The molecule has 0 aromatic carbocycles. The normalized spacial score (nSPS) is 18.6.